The molecule has 5 atom stereocenters. The third-order valence-corrected chi connectivity index (χ3v) is 6.00. The summed E-state index contributed by atoms with van der Waals surface area (Å²) in [5.74, 6) is -0.295. The first-order chi connectivity index (χ1) is 17.6. The Morgan fingerprint density at radius 3 is 1.75 bits per heavy atom. The van der Waals surface area contributed by atoms with Crippen LogP contribution < -0.4 is 5.32 Å². The van der Waals surface area contributed by atoms with Crippen LogP contribution in [0.4, 0.5) is 0 Å². The van der Waals surface area contributed by atoms with E-state index in [4.69, 9.17) is 18.9 Å². The zero-order valence-electron chi connectivity index (χ0n) is 20.4. The van der Waals surface area contributed by atoms with Gasteiger partial charge < -0.3 is 29.4 Å². The predicted octanol–water partition coefficient (Wildman–Crippen LogP) is 3.60. The van der Waals surface area contributed by atoms with Crippen LogP contribution in [-0.4, -0.2) is 48.3 Å². The lowest BCUT2D eigenvalue weighted by molar-refractivity contribution is -0.277. The van der Waals surface area contributed by atoms with E-state index in [2.05, 4.69) is 5.32 Å². The topological polar surface area (TPSA) is 86.3 Å². The van der Waals surface area contributed by atoms with E-state index in [1.807, 2.05) is 91.0 Å². The lowest BCUT2D eigenvalue weighted by Gasteiger charge is -2.44. The molecule has 0 aliphatic carbocycles. The van der Waals surface area contributed by atoms with Crippen molar-refractivity contribution in [2.24, 2.45) is 0 Å². The van der Waals surface area contributed by atoms with Gasteiger partial charge in [-0.15, -0.1) is 0 Å². The second-order valence-corrected chi connectivity index (χ2v) is 8.81. The van der Waals surface area contributed by atoms with Crippen molar-refractivity contribution in [1.82, 2.24) is 5.32 Å². The molecule has 1 heterocycles. The number of amides is 1. The fraction of sp³-hybridized carbons (Fsp3) is 0.345. The van der Waals surface area contributed by atoms with E-state index in [-0.39, 0.29) is 19.1 Å². The van der Waals surface area contributed by atoms with Gasteiger partial charge in [0.2, 0.25) is 5.91 Å². The molecular formula is C29H33NO6. The first kappa shape index (κ1) is 26.0. The molecular weight excluding hydrogens is 458 g/mol. The lowest BCUT2D eigenvalue weighted by atomic mass is 9.96. The number of rotatable bonds is 11. The lowest BCUT2D eigenvalue weighted by Crippen LogP contribution is -2.65. The second kappa shape index (κ2) is 13.3. The molecule has 7 heteroatoms. The molecule has 1 aliphatic rings. The highest BCUT2D eigenvalue weighted by Crippen LogP contribution is 2.27. The summed E-state index contributed by atoms with van der Waals surface area (Å²) in [5.41, 5.74) is 2.99. The van der Waals surface area contributed by atoms with Gasteiger partial charge in [-0.25, -0.2) is 0 Å². The van der Waals surface area contributed by atoms with E-state index in [9.17, 15) is 9.90 Å². The number of carbonyl (C=O) groups is 1. The fourth-order valence-corrected chi connectivity index (χ4v) is 4.24. The molecule has 3 aromatic rings. The number of aliphatic hydroxyl groups excluding tert-OH is 1. The molecule has 190 valence electrons. The Morgan fingerprint density at radius 1 is 0.778 bits per heavy atom. The van der Waals surface area contributed by atoms with Crippen LogP contribution in [0.1, 0.15) is 23.6 Å². The van der Waals surface area contributed by atoms with Crippen molar-refractivity contribution in [2.75, 3.05) is 6.61 Å². The molecule has 1 amide bonds. The Labute approximate surface area is 212 Å². The van der Waals surface area contributed by atoms with E-state index < -0.39 is 30.6 Å². The van der Waals surface area contributed by atoms with E-state index in [1.165, 1.54) is 6.92 Å². The number of ether oxygens (including phenoxy) is 4. The van der Waals surface area contributed by atoms with Crippen LogP contribution in [0.3, 0.4) is 0 Å². The van der Waals surface area contributed by atoms with Gasteiger partial charge >= 0.3 is 0 Å². The average molecular weight is 492 g/mol. The Hall–Kier alpha value is -3.07. The molecule has 0 aromatic heterocycles. The summed E-state index contributed by atoms with van der Waals surface area (Å²) in [5, 5.41) is 13.6. The smallest absolute Gasteiger partial charge is 0.217 e. The van der Waals surface area contributed by atoms with Crippen molar-refractivity contribution in [3.05, 3.63) is 108 Å². The van der Waals surface area contributed by atoms with Crippen LogP contribution in [0.2, 0.25) is 0 Å². The molecule has 2 unspecified atom stereocenters. The Balaban J connectivity index is 1.53. The molecule has 4 rings (SSSR count). The SMILES string of the molecule is CC(=O)NC1[C@@H](O)OC(COCc2ccccc2)[C@H](OCc2ccccc2)[C@H]1OCc1ccccc1. The van der Waals surface area contributed by atoms with Gasteiger partial charge in [-0.3, -0.25) is 4.79 Å². The molecule has 1 saturated heterocycles. The zero-order valence-corrected chi connectivity index (χ0v) is 20.4. The summed E-state index contributed by atoms with van der Waals surface area (Å²) in [6.45, 7) is 2.58. The molecule has 2 N–H and O–H groups in total. The Bertz CT molecular complexity index is 1050. The summed E-state index contributed by atoms with van der Waals surface area (Å²) < 4.78 is 24.6. The summed E-state index contributed by atoms with van der Waals surface area (Å²) in [7, 11) is 0. The van der Waals surface area contributed by atoms with Crippen LogP contribution in [0.5, 0.6) is 0 Å². The van der Waals surface area contributed by atoms with Gasteiger partial charge in [0.1, 0.15) is 24.4 Å². The Kier molecular flexibility index (Phi) is 9.61. The summed E-state index contributed by atoms with van der Waals surface area (Å²) in [6.07, 6.45) is -3.17. The van der Waals surface area contributed by atoms with Crippen LogP contribution in [0, 0.1) is 0 Å². The van der Waals surface area contributed by atoms with Gasteiger partial charge in [0.15, 0.2) is 6.29 Å². The minimum atomic E-state index is -1.28. The summed E-state index contributed by atoms with van der Waals surface area (Å²) >= 11 is 0. The quantitative estimate of drug-likeness (QED) is 0.426. The number of hydrogen-bond donors (Lipinski definition) is 2. The first-order valence-corrected chi connectivity index (χ1v) is 12.1. The van der Waals surface area contributed by atoms with E-state index in [1.54, 1.807) is 0 Å². The molecule has 7 nitrogen and oxygen atoms in total. The number of carbonyl (C=O) groups excluding carboxylic acids is 1. The highest BCUT2D eigenvalue weighted by atomic mass is 16.7. The van der Waals surface area contributed by atoms with Gasteiger partial charge in [0.25, 0.3) is 0 Å². The fourth-order valence-electron chi connectivity index (χ4n) is 4.24. The maximum atomic E-state index is 12.0. The van der Waals surface area contributed by atoms with E-state index >= 15 is 0 Å². The van der Waals surface area contributed by atoms with Crippen LogP contribution in [-0.2, 0) is 43.6 Å². The summed E-state index contributed by atoms with van der Waals surface area (Å²) in [6, 6.07) is 28.6. The van der Waals surface area contributed by atoms with Crippen LogP contribution in [0.15, 0.2) is 91.0 Å². The zero-order chi connectivity index (χ0) is 25.2. The van der Waals surface area contributed by atoms with Crippen molar-refractivity contribution >= 4 is 5.91 Å². The molecule has 1 aliphatic heterocycles. The second-order valence-electron chi connectivity index (χ2n) is 8.81. The number of nitrogens with one attached hydrogen (secondary N) is 1. The van der Waals surface area contributed by atoms with E-state index in [0.717, 1.165) is 16.7 Å². The van der Waals surface area contributed by atoms with Crippen molar-refractivity contribution < 1.29 is 28.8 Å². The maximum absolute atomic E-state index is 12.0. The van der Waals surface area contributed by atoms with Gasteiger partial charge in [0.05, 0.1) is 26.4 Å². The third kappa shape index (κ3) is 7.46. The largest absolute Gasteiger partial charge is 0.374 e. The van der Waals surface area contributed by atoms with Crippen molar-refractivity contribution in [1.29, 1.82) is 0 Å². The molecule has 1 fully saturated rings. The molecule has 3 aromatic carbocycles. The van der Waals surface area contributed by atoms with Crippen molar-refractivity contribution in [2.45, 2.75) is 57.4 Å². The minimum absolute atomic E-state index is 0.184. The van der Waals surface area contributed by atoms with Gasteiger partial charge in [-0.2, -0.15) is 0 Å². The van der Waals surface area contributed by atoms with Gasteiger partial charge in [-0.05, 0) is 16.7 Å². The average Bonchev–Trinajstić information content (AvgIpc) is 2.90. The third-order valence-electron chi connectivity index (χ3n) is 6.00. The molecule has 0 bridgehead atoms. The predicted molar refractivity (Wildman–Crippen MR) is 135 cm³/mol. The highest BCUT2D eigenvalue weighted by molar-refractivity contribution is 5.73. The molecule has 0 radical (unpaired) electrons. The van der Waals surface area contributed by atoms with Crippen molar-refractivity contribution in [3.8, 4) is 0 Å². The normalized spacial score (nSPS) is 23.8. The van der Waals surface area contributed by atoms with Crippen molar-refractivity contribution in [3.63, 3.8) is 0 Å². The molecule has 0 spiro atoms. The van der Waals surface area contributed by atoms with Gasteiger partial charge in [0, 0.05) is 6.92 Å². The number of hydrogen-bond acceptors (Lipinski definition) is 6. The molecule has 36 heavy (non-hydrogen) atoms. The molecule has 0 saturated carbocycles. The monoisotopic (exact) mass is 491 g/mol. The van der Waals surface area contributed by atoms with E-state index in [0.29, 0.717) is 13.2 Å². The first-order valence-electron chi connectivity index (χ1n) is 12.1. The summed E-state index contributed by atoms with van der Waals surface area (Å²) in [4.78, 5) is 12.0. The number of benzene rings is 3. The standard InChI is InChI=1S/C29H33NO6/c1-21(31)30-26-28(35-19-24-15-9-4-10-16-24)27(34-18-23-13-7-3-8-14-23)25(36-29(26)32)20-33-17-22-11-5-2-6-12-22/h2-16,25-29,32H,17-20H2,1H3,(H,30,31)/t25?,26?,27-,28-,29-/m0/s1. The Morgan fingerprint density at radius 2 is 1.25 bits per heavy atom. The van der Waals surface area contributed by atoms with Crippen LogP contribution in [0.25, 0.3) is 0 Å². The van der Waals surface area contributed by atoms with Gasteiger partial charge in [-0.1, -0.05) is 91.0 Å². The maximum Gasteiger partial charge on any atom is 0.217 e. The minimum Gasteiger partial charge on any atom is -0.374 e. The number of aliphatic hydroxyl groups is 1. The highest BCUT2D eigenvalue weighted by Gasteiger charge is 2.47. The van der Waals surface area contributed by atoms with Crippen LogP contribution >= 0.6 is 0 Å².